The van der Waals surface area contributed by atoms with Crippen LogP contribution in [0.3, 0.4) is 0 Å². The van der Waals surface area contributed by atoms with Gasteiger partial charge in [-0.1, -0.05) is 19.3 Å². The van der Waals surface area contributed by atoms with E-state index in [1.165, 1.54) is 19.3 Å². The van der Waals surface area contributed by atoms with Crippen LogP contribution in [-0.4, -0.2) is 5.78 Å². The third kappa shape index (κ3) is 1.90. The summed E-state index contributed by atoms with van der Waals surface area (Å²) in [5, 5.41) is 2.02. The molecule has 0 N–H and O–H groups in total. The molecule has 1 aromatic heterocycles. The lowest BCUT2D eigenvalue weighted by Crippen LogP contribution is -2.17. The van der Waals surface area contributed by atoms with Crippen LogP contribution in [0.25, 0.3) is 0 Å². The first kappa shape index (κ1) is 9.91. The molecule has 14 heavy (non-hydrogen) atoms. The molecule has 1 nitrogen and oxygen atoms in total. The van der Waals surface area contributed by atoms with Crippen LogP contribution in [0.2, 0.25) is 0 Å². The van der Waals surface area contributed by atoms with Crippen molar-refractivity contribution >= 4 is 17.1 Å². The van der Waals surface area contributed by atoms with E-state index in [1.54, 1.807) is 11.3 Å². The van der Waals surface area contributed by atoms with Crippen LogP contribution in [0.1, 0.15) is 47.3 Å². The van der Waals surface area contributed by atoms with Gasteiger partial charge in [0, 0.05) is 5.92 Å². The molecule has 2 heteroatoms. The van der Waals surface area contributed by atoms with Gasteiger partial charge in [0.2, 0.25) is 0 Å². The van der Waals surface area contributed by atoms with E-state index in [-0.39, 0.29) is 0 Å². The predicted molar refractivity (Wildman–Crippen MR) is 60.0 cm³/mol. The van der Waals surface area contributed by atoms with Gasteiger partial charge < -0.3 is 0 Å². The second-order valence-electron chi connectivity index (χ2n) is 4.13. The average molecular weight is 208 g/mol. The van der Waals surface area contributed by atoms with Crippen LogP contribution in [-0.2, 0) is 0 Å². The highest BCUT2D eigenvalue weighted by Crippen LogP contribution is 2.29. The van der Waals surface area contributed by atoms with Gasteiger partial charge in [0.1, 0.15) is 0 Å². The van der Waals surface area contributed by atoms with Crippen LogP contribution in [0.4, 0.5) is 0 Å². The lowest BCUT2D eigenvalue weighted by Gasteiger charge is -2.19. The third-order valence-corrected chi connectivity index (χ3v) is 4.09. The molecular weight excluding hydrogens is 192 g/mol. The standard InChI is InChI=1S/C12H16OS/c1-9-7-8-14-12(9)11(13)10-5-3-2-4-6-10/h7-8,10H,2-6H2,1H3. The van der Waals surface area contributed by atoms with E-state index in [0.717, 1.165) is 23.3 Å². The minimum atomic E-state index is 0.320. The average Bonchev–Trinajstić information content (AvgIpc) is 2.65. The van der Waals surface area contributed by atoms with Crippen LogP contribution >= 0.6 is 11.3 Å². The van der Waals surface area contributed by atoms with Crippen LogP contribution in [0.5, 0.6) is 0 Å². The summed E-state index contributed by atoms with van der Waals surface area (Å²) >= 11 is 1.60. The SMILES string of the molecule is Cc1ccsc1C(=O)C1CCCCC1. The zero-order chi connectivity index (χ0) is 9.97. The molecule has 0 saturated heterocycles. The molecule has 1 fully saturated rings. The normalized spacial score (nSPS) is 18.4. The Morgan fingerprint density at radius 1 is 1.36 bits per heavy atom. The summed E-state index contributed by atoms with van der Waals surface area (Å²) in [6, 6.07) is 2.04. The fourth-order valence-electron chi connectivity index (χ4n) is 2.18. The van der Waals surface area contributed by atoms with E-state index in [0.29, 0.717) is 11.7 Å². The van der Waals surface area contributed by atoms with Gasteiger partial charge in [-0.05, 0) is 36.8 Å². The Morgan fingerprint density at radius 3 is 2.64 bits per heavy atom. The number of thiophene rings is 1. The molecule has 1 saturated carbocycles. The number of hydrogen-bond acceptors (Lipinski definition) is 2. The maximum atomic E-state index is 12.1. The fourth-order valence-corrected chi connectivity index (χ4v) is 3.12. The lowest BCUT2D eigenvalue weighted by molar-refractivity contribution is 0.0893. The second kappa shape index (κ2) is 4.26. The molecule has 0 unspecified atom stereocenters. The van der Waals surface area contributed by atoms with Crippen molar-refractivity contribution < 1.29 is 4.79 Å². The van der Waals surface area contributed by atoms with Gasteiger partial charge in [0.15, 0.2) is 5.78 Å². The van der Waals surface area contributed by atoms with Crippen molar-refractivity contribution in [2.45, 2.75) is 39.0 Å². The van der Waals surface area contributed by atoms with Crippen LogP contribution < -0.4 is 0 Å². The maximum absolute atomic E-state index is 12.1. The number of carbonyl (C=O) groups excluding carboxylic acids is 1. The molecule has 0 radical (unpaired) electrons. The summed E-state index contributed by atoms with van der Waals surface area (Å²) in [4.78, 5) is 13.1. The summed E-state index contributed by atoms with van der Waals surface area (Å²) in [5.41, 5.74) is 1.16. The molecule has 0 aromatic carbocycles. The molecule has 1 aromatic rings. The van der Waals surface area contributed by atoms with E-state index < -0.39 is 0 Å². The molecule has 0 atom stereocenters. The van der Waals surface area contributed by atoms with Crippen molar-refractivity contribution in [2.24, 2.45) is 5.92 Å². The molecule has 1 heterocycles. The highest BCUT2D eigenvalue weighted by Gasteiger charge is 2.23. The second-order valence-corrected chi connectivity index (χ2v) is 5.05. The maximum Gasteiger partial charge on any atom is 0.176 e. The summed E-state index contributed by atoms with van der Waals surface area (Å²) in [7, 11) is 0. The zero-order valence-corrected chi connectivity index (χ0v) is 9.40. The number of aryl methyl sites for hydroxylation is 1. The van der Waals surface area contributed by atoms with Gasteiger partial charge in [0.05, 0.1) is 4.88 Å². The number of carbonyl (C=O) groups is 1. The van der Waals surface area contributed by atoms with Gasteiger partial charge in [-0.15, -0.1) is 11.3 Å². The van der Waals surface area contributed by atoms with E-state index in [4.69, 9.17) is 0 Å². The quantitative estimate of drug-likeness (QED) is 0.675. The third-order valence-electron chi connectivity index (χ3n) is 3.06. The van der Waals surface area contributed by atoms with Gasteiger partial charge in [0.25, 0.3) is 0 Å². The number of hydrogen-bond donors (Lipinski definition) is 0. The van der Waals surface area contributed by atoms with Crippen LogP contribution in [0.15, 0.2) is 11.4 Å². The monoisotopic (exact) mass is 208 g/mol. The molecule has 76 valence electrons. The van der Waals surface area contributed by atoms with E-state index in [9.17, 15) is 4.79 Å². The first-order valence-corrected chi connectivity index (χ1v) is 6.25. The Hall–Kier alpha value is -0.630. The molecule has 1 aliphatic carbocycles. The minimum absolute atomic E-state index is 0.320. The van der Waals surface area contributed by atoms with Crippen molar-refractivity contribution in [1.82, 2.24) is 0 Å². The summed E-state index contributed by atoms with van der Waals surface area (Å²) in [5.74, 6) is 0.721. The smallest absolute Gasteiger partial charge is 0.176 e. The molecule has 0 aliphatic heterocycles. The first-order valence-electron chi connectivity index (χ1n) is 5.37. The highest BCUT2D eigenvalue weighted by molar-refractivity contribution is 7.12. The van der Waals surface area contributed by atoms with Gasteiger partial charge in [-0.25, -0.2) is 0 Å². The van der Waals surface area contributed by atoms with Crippen molar-refractivity contribution in [1.29, 1.82) is 0 Å². The Balaban J connectivity index is 2.11. The van der Waals surface area contributed by atoms with Crippen LogP contribution in [0, 0.1) is 12.8 Å². The Labute approximate surface area is 89.1 Å². The molecule has 1 aliphatic rings. The molecule has 0 spiro atoms. The molecule has 2 rings (SSSR count). The highest BCUT2D eigenvalue weighted by atomic mass is 32.1. The van der Waals surface area contributed by atoms with Crippen molar-refractivity contribution in [3.63, 3.8) is 0 Å². The topological polar surface area (TPSA) is 17.1 Å². The van der Waals surface area contributed by atoms with Crippen molar-refractivity contribution in [3.05, 3.63) is 21.9 Å². The number of rotatable bonds is 2. The van der Waals surface area contributed by atoms with E-state index in [1.807, 2.05) is 18.4 Å². The van der Waals surface area contributed by atoms with Crippen molar-refractivity contribution in [2.75, 3.05) is 0 Å². The van der Waals surface area contributed by atoms with Gasteiger partial charge >= 0.3 is 0 Å². The number of Topliss-reactive ketones (excluding diaryl/α,β-unsaturated/α-hetero) is 1. The van der Waals surface area contributed by atoms with Crippen molar-refractivity contribution in [3.8, 4) is 0 Å². The largest absolute Gasteiger partial charge is 0.293 e. The zero-order valence-electron chi connectivity index (χ0n) is 8.58. The van der Waals surface area contributed by atoms with E-state index in [2.05, 4.69) is 0 Å². The Morgan fingerprint density at radius 2 is 2.07 bits per heavy atom. The first-order chi connectivity index (χ1) is 6.79. The van der Waals surface area contributed by atoms with Gasteiger partial charge in [-0.3, -0.25) is 4.79 Å². The number of ketones is 1. The predicted octanol–water partition coefficient (Wildman–Crippen LogP) is 3.82. The Bertz CT molecular complexity index is 321. The summed E-state index contributed by atoms with van der Waals surface area (Å²) < 4.78 is 0. The fraction of sp³-hybridized carbons (Fsp3) is 0.583. The Kier molecular flexibility index (Phi) is 3.02. The molecule has 0 amide bonds. The van der Waals surface area contributed by atoms with E-state index >= 15 is 0 Å². The van der Waals surface area contributed by atoms with Gasteiger partial charge in [-0.2, -0.15) is 0 Å². The molecular formula is C12H16OS. The molecule has 0 bridgehead atoms. The summed E-state index contributed by atoms with van der Waals surface area (Å²) in [6.07, 6.45) is 6.00. The lowest BCUT2D eigenvalue weighted by atomic mass is 9.85. The summed E-state index contributed by atoms with van der Waals surface area (Å²) in [6.45, 7) is 2.03. The minimum Gasteiger partial charge on any atom is -0.293 e.